The van der Waals surface area contributed by atoms with E-state index < -0.39 is 0 Å². The zero-order chi connectivity index (χ0) is 17.0. The zero-order valence-corrected chi connectivity index (χ0v) is 14.9. The molecule has 0 N–H and O–H groups in total. The van der Waals surface area contributed by atoms with Crippen LogP contribution < -0.4 is 0 Å². The van der Waals surface area contributed by atoms with Crippen LogP contribution in [-0.4, -0.2) is 29.1 Å². The van der Waals surface area contributed by atoms with Gasteiger partial charge in [-0.2, -0.15) is 0 Å². The van der Waals surface area contributed by atoms with Crippen molar-refractivity contribution >= 4 is 16.5 Å². The quantitative estimate of drug-likeness (QED) is 0.668. The minimum atomic E-state index is 0.530. The summed E-state index contributed by atoms with van der Waals surface area (Å²) in [4.78, 5) is 2.54. The molecule has 0 saturated heterocycles. The number of nitrogens with zero attached hydrogens (tertiary/aromatic N) is 2. The Hall–Kier alpha value is -2.32. The molecule has 126 valence electrons. The fourth-order valence-electron chi connectivity index (χ4n) is 4.78. The van der Waals surface area contributed by atoms with Crippen LogP contribution in [0, 0.1) is 5.92 Å². The Balaban J connectivity index is 1.67. The molecule has 1 aliphatic carbocycles. The van der Waals surface area contributed by atoms with E-state index in [1.807, 2.05) is 0 Å². The van der Waals surface area contributed by atoms with Gasteiger partial charge in [-0.3, -0.25) is 4.90 Å². The standard InChI is InChI=1S/C23H24N2/c1-16-11-20-19-9-6-10-21-23(19)18(12-22(20)24(2)13-16)15-25(21)14-17-7-4-3-5-8-17/h3-11,15-16,22H,12-14H2,1-2H3/t16-,22-/m1/s1. The summed E-state index contributed by atoms with van der Waals surface area (Å²) < 4.78 is 2.44. The van der Waals surface area contributed by atoms with Crippen LogP contribution in [0.1, 0.15) is 23.6 Å². The first-order chi connectivity index (χ1) is 12.2. The van der Waals surface area contributed by atoms with E-state index in [9.17, 15) is 0 Å². The molecule has 5 rings (SSSR count). The largest absolute Gasteiger partial charge is 0.343 e. The maximum absolute atomic E-state index is 2.54. The molecule has 0 bridgehead atoms. The fraction of sp³-hybridized carbons (Fsp3) is 0.304. The molecule has 2 atom stereocenters. The number of hydrogen-bond acceptors (Lipinski definition) is 1. The van der Waals surface area contributed by atoms with Crippen LogP contribution >= 0.6 is 0 Å². The summed E-state index contributed by atoms with van der Waals surface area (Å²) >= 11 is 0. The Labute approximate surface area is 149 Å². The highest BCUT2D eigenvalue weighted by atomic mass is 15.1. The Bertz CT molecular complexity index is 964. The predicted molar refractivity (Wildman–Crippen MR) is 105 cm³/mol. The van der Waals surface area contributed by atoms with E-state index in [1.54, 1.807) is 0 Å². The number of rotatable bonds is 2. The summed E-state index contributed by atoms with van der Waals surface area (Å²) in [5.41, 5.74) is 7.23. The Kier molecular flexibility index (Phi) is 3.36. The number of hydrogen-bond donors (Lipinski definition) is 0. The average molecular weight is 328 g/mol. The first kappa shape index (κ1) is 15.0. The SMILES string of the molecule is C[C@@H]1C=C2c3cccc4c3c(cn4Cc3ccccc3)C[C@H]2N(C)C1. The lowest BCUT2D eigenvalue weighted by Gasteiger charge is -2.39. The van der Waals surface area contributed by atoms with E-state index in [1.165, 1.54) is 33.2 Å². The summed E-state index contributed by atoms with van der Waals surface area (Å²) in [5, 5.41) is 1.48. The molecule has 0 saturated carbocycles. The van der Waals surface area contributed by atoms with Gasteiger partial charge >= 0.3 is 0 Å². The first-order valence-electron chi connectivity index (χ1n) is 9.27. The zero-order valence-electron chi connectivity index (χ0n) is 14.9. The molecular weight excluding hydrogens is 304 g/mol. The molecule has 2 heteroatoms. The molecule has 25 heavy (non-hydrogen) atoms. The van der Waals surface area contributed by atoms with Gasteiger partial charge in [0.05, 0.1) is 0 Å². The van der Waals surface area contributed by atoms with E-state index in [0.717, 1.165) is 19.5 Å². The van der Waals surface area contributed by atoms with Crippen molar-refractivity contribution in [2.75, 3.05) is 13.6 Å². The second-order valence-electron chi connectivity index (χ2n) is 7.73. The van der Waals surface area contributed by atoms with Crippen molar-refractivity contribution in [3.05, 3.63) is 77.5 Å². The van der Waals surface area contributed by atoms with Crippen molar-refractivity contribution in [3.63, 3.8) is 0 Å². The van der Waals surface area contributed by atoms with Crippen LogP contribution in [0.3, 0.4) is 0 Å². The van der Waals surface area contributed by atoms with Gasteiger partial charge in [0.2, 0.25) is 0 Å². The lowest BCUT2D eigenvalue weighted by atomic mass is 9.80. The minimum Gasteiger partial charge on any atom is -0.343 e. The van der Waals surface area contributed by atoms with Crippen molar-refractivity contribution in [2.45, 2.75) is 25.9 Å². The van der Waals surface area contributed by atoms with Crippen LogP contribution in [-0.2, 0) is 13.0 Å². The first-order valence-corrected chi connectivity index (χ1v) is 9.27. The van der Waals surface area contributed by atoms with Crippen molar-refractivity contribution < 1.29 is 0 Å². The molecule has 0 amide bonds. The summed E-state index contributed by atoms with van der Waals surface area (Å²) in [7, 11) is 2.28. The predicted octanol–water partition coefficient (Wildman–Crippen LogP) is 4.58. The van der Waals surface area contributed by atoms with Gasteiger partial charge in [-0.15, -0.1) is 0 Å². The van der Waals surface area contributed by atoms with Crippen LogP contribution in [0.25, 0.3) is 16.5 Å². The van der Waals surface area contributed by atoms with E-state index in [-0.39, 0.29) is 0 Å². The van der Waals surface area contributed by atoms with Crippen LogP contribution in [0.2, 0.25) is 0 Å². The molecular formula is C23H24N2. The molecule has 0 unspecified atom stereocenters. The van der Waals surface area contributed by atoms with E-state index in [0.29, 0.717) is 12.0 Å². The van der Waals surface area contributed by atoms with Crippen molar-refractivity contribution in [3.8, 4) is 0 Å². The monoisotopic (exact) mass is 328 g/mol. The molecule has 2 nitrogen and oxygen atoms in total. The van der Waals surface area contributed by atoms with Gasteiger partial charge in [0.25, 0.3) is 0 Å². The van der Waals surface area contributed by atoms with Crippen LogP contribution in [0.4, 0.5) is 0 Å². The highest BCUT2D eigenvalue weighted by molar-refractivity contribution is 5.98. The van der Waals surface area contributed by atoms with E-state index >= 15 is 0 Å². The second kappa shape index (κ2) is 5.60. The third-order valence-corrected chi connectivity index (χ3v) is 5.84. The van der Waals surface area contributed by atoms with Crippen molar-refractivity contribution in [1.82, 2.24) is 9.47 Å². The van der Waals surface area contributed by atoms with Crippen LogP contribution in [0.15, 0.2) is 60.8 Å². The van der Waals surface area contributed by atoms with Gasteiger partial charge in [-0.25, -0.2) is 0 Å². The molecule has 1 aromatic heterocycles. The van der Waals surface area contributed by atoms with Crippen LogP contribution in [0.5, 0.6) is 0 Å². The third-order valence-electron chi connectivity index (χ3n) is 5.84. The number of likely N-dealkylation sites (N-methyl/N-ethyl adjacent to an activating group) is 1. The second-order valence-corrected chi connectivity index (χ2v) is 7.73. The van der Waals surface area contributed by atoms with Crippen molar-refractivity contribution in [1.29, 1.82) is 0 Å². The van der Waals surface area contributed by atoms with Gasteiger partial charge in [-0.05, 0) is 47.7 Å². The Morgan fingerprint density at radius 1 is 1.04 bits per heavy atom. The average Bonchev–Trinajstić information content (AvgIpc) is 2.96. The summed E-state index contributed by atoms with van der Waals surface area (Å²) in [6.07, 6.45) is 6.03. The van der Waals surface area contributed by atoms with E-state index in [4.69, 9.17) is 0 Å². The molecule has 2 aromatic carbocycles. The molecule has 0 fully saturated rings. The van der Waals surface area contributed by atoms with Gasteiger partial charge < -0.3 is 4.57 Å². The maximum atomic E-state index is 2.54. The molecule has 2 aliphatic rings. The smallest absolute Gasteiger partial charge is 0.0492 e. The van der Waals surface area contributed by atoms with Crippen molar-refractivity contribution in [2.24, 2.45) is 5.92 Å². The molecule has 2 heterocycles. The summed E-state index contributed by atoms with van der Waals surface area (Å²) in [5.74, 6) is 0.625. The topological polar surface area (TPSA) is 8.17 Å². The number of fused-ring (bicyclic) bond motifs is 2. The minimum absolute atomic E-state index is 0.530. The molecule has 0 spiro atoms. The van der Waals surface area contributed by atoms with Gasteiger partial charge in [-0.1, -0.05) is 55.5 Å². The summed E-state index contributed by atoms with van der Waals surface area (Å²) in [6, 6.07) is 18.1. The van der Waals surface area contributed by atoms with E-state index in [2.05, 4.69) is 84.2 Å². The highest BCUT2D eigenvalue weighted by Gasteiger charge is 2.33. The Morgan fingerprint density at radius 2 is 1.88 bits per heavy atom. The number of aromatic nitrogens is 1. The van der Waals surface area contributed by atoms with Gasteiger partial charge in [0.15, 0.2) is 0 Å². The van der Waals surface area contributed by atoms with Gasteiger partial charge in [0.1, 0.15) is 0 Å². The maximum Gasteiger partial charge on any atom is 0.0492 e. The lowest BCUT2D eigenvalue weighted by molar-refractivity contribution is 0.252. The Morgan fingerprint density at radius 3 is 2.72 bits per heavy atom. The molecule has 3 aromatic rings. The third kappa shape index (κ3) is 2.36. The van der Waals surface area contributed by atoms with Gasteiger partial charge in [0, 0.05) is 36.2 Å². The highest BCUT2D eigenvalue weighted by Crippen LogP contribution is 2.41. The molecule has 1 aliphatic heterocycles. The normalized spacial score (nSPS) is 22.7. The lowest BCUT2D eigenvalue weighted by Crippen LogP contribution is -2.41. The molecule has 0 radical (unpaired) electrons. The number of benzene rings is 2. The summed E-state index contributed by atoms with van der Waals surface area (Å²) in [6.45, 7) is 4.43. The fourth-order valence-corrected chi connectivity index (χ4v) is 4.78.